The second kappa shape index (κ2) is 7.20. The molecule has 2 aromatic carbocycles. The third kappa shape index (κ3) is 3.37. The molecule has 2 aromatic rings. The zero-order valence-electron chi connectivity index (χ0n) is 14.6. The number of nitrogens with one attached hydrogen (secondary N) is 1. The number of aryl methyl sites for hydroxylation is 2. The Kier molecular flexibility index (Phi) is 5.03. The molecule has 0 saturated carbocycles. The third-order valence-corrected chi connectivity index (χ3v) is 4.76. The minimum absolute atomic E-state index is 0.0905. The molecule has 1 aliphatic heterocycles. The van der Waals surface area contributed by atoms with Gasteiger partial charge in [0.05, 0.1) is 19.8 Å². The SMILES string of the molecule is COc1ccc(/C=C/C2NCCc3cc(C)c(CO)cc32)cc1C. The van der Waals surface area contributed by atoms with Gasteiger partial charge in [-0.1, -0.05) is 30.4 Å². The van der Waals surface area contributed by atoms with Crippen LogP contribution >= 0.6 is 0 Å². The van der Waals surface area contributed by atoms with E-state index in [1.54, 1.807) is 7.11 Å². The molecule has 1 unspecified atom stereocenters. The largest absolute Gasteiger partial charge is 0.496 e. The highest BCUT2D eigenvalue weighted by atomic mass is 16.5. The van der Waals surface area contributed by atoms with Crippen LogP contribution in [0.4, 0.5) is 0 Å². The van der Waals surface area contributed by atoms with Crippen molar-refractivity contribution in [1.82, 2.24) is 5.32 Å². The zero-order valence-corrected chi connectivity index (χ0v) is 14.6. The normalized spacial score (nSPS) is 17.1. The monoisotopic (exact) mass is 323 g/mol. The maximum Gasteiger partial charge on any atom is 0.121 e. The Hall–Kier alpha value is -2.10. The molecule has 1 atom stereocenters. The molecule has 0 bridgehead atoms. The van der Waals surface area contributed by atoms with Gasteiger partial charge in [-0.05, 0) is 65.8 Å². The summed E-state index contributed by atoms with van der Waals surface area (Å²) in [6.45, 7) is 5.19. The van der Waals surface area contributed by atoms with Gasteiger partial charge in [-0.2, -0.15) is 0 Å². The Morgan fingerprint density at radius 3 is 2.75 bits per heavy atom. The summed E-state index contributed by atoms with van der Waals surface area (Å²) in [5.41, 5.74) is 7.13. The number of fused-ring (bicyclic) bond motifs is 1. The van der Waals surface area contributed by atoms with E-state index in [4.69, 9.17) is 4.74 Å². The van der Waals surface area contributed by atoms with Gasteiger partial charge in [0.1, 0.15) is 5.75 Å². The average Bonchev–Trinajstić information content (AvgIpc) is 2.59. The lowest BCUT2D eigenvalue weighted by atomic mass is 9.90. The van der Waals surface area contributed by atoms with Crippen LogP contribution in [0.2, 0.25) is 0 Å². The van der Waals surface area contributed by atoms with E-state index in [0.29, 0.717) is 0 Å². The van der Waals surface area contributed by atoms with Crippen molar-refractivity contribution in [2.75, 3.05) is 13.7 Å². The van der Waals surface area contributed by atoms with Crippen molar-refractivity contribution in [1.29, 1.82) is 0 Å². The summed E-state index contributed by atoms with van der Waals surface area (Å²) >= 11 is 0. The Labute approximate surface area is 144 Å². The lowest BCUT2D eigenvalue weighted by Crippen LogP contribution is -2.28. The van der Waals surface area contributed by atoms with Gasteiger partial charge in [-0.25, -0.2) is 0 Å². The van der Waals surface area contributed by atoms with E-state index in [2.05, 4.69) is 55.6 Å². The molecule has 0 saturated heterocycles. The number of methoxy groups -OCH3 is 1. The molecule has 1 heterocycles. The van der Waals surface area contributed by atoms with Crippen LogP contribution in [0, 0.1) is 13.8 Å². The van der Waals surface area contributed by atoms with Crippen LogP contribution in [-0.2, 0) is 13.0 Å². The van der Waals surface area contributed by atoms with E-state index in [9.17, 15) is 5.11 Å². The molecule has 0 spiro atoms. The number of hydrogen-bond donors (Lipinski definition) is 2. The van der Waals surface area contributed by atoms with Crippen LogP contribution < -0.4 is 10.1 Å². The molecule has 0 fully saturated rings. The Balaban J connectivity index is 1.88. The molecule has 0 aromatic heterocycles. The summed E-state index contributed by atoms with van der Waals surface area (Å²) in [6.07, 6.45) is 5.39. The van der Waals surface area contributed by atoms with E-state index in [-0.39, 0.29) is 12.6 Å². The zero-order chi connectivity index (χ0) is 17.1. The second-order valence-electron chi connectivity index (χ2n) is 6.41. The van der Waals surface area contributed by atoms with Gasteiger partial charge in [-0.15, -0.1) is 0 Å². The summed E-state index contributed by atoms with van der Waals surface area (Å²) in [6, 6.07) is 10.8. The molecule has 3 nitrogen and oxygen atoms in total. The predicted molar refractivity (Wildman–Crippen MR) is 98.3 cm³/mol. The fourth-order valence-electron chi connectivity index (χ4n) is 3.36. The van der Waals surface area contributed by atoms with Crippen molar-refractivity contribution in [3.05, 3.63) is 69.8 Å². The summed E-state index contributed by atoms with van der Waals surface area (Å²) in [7, 11) is 1.70. The number of aliphatic hydroxyl groups is 1. The highest BCUT2D eigenvalue weighted by Gasteiger charge is 2.18. The van der Waals surface area contributed by atoms with Crippen molar-refractivity contribution in [2.24, 2.45) is 0 Å². The minimum Gasteiger partial charge on any atom is -0.496 e. The number of ether oxygens (including phenoxy) is 1. The molecular weight excluding hydrogens is 298 g/mol. The maximum atomic E-state index is 9.54. The van der Waals surface area contributed by atoms with Crippen LogP contribution in [0.5, 0.6) is 5.75 Å². The first-order chi connectivity index (χ1) is 11.6. The Morgan fingerprint density at radius 1 is 1.21 bits per heavy atom. The number of hydrogen-bond acceptors (Lipinski definition) is 3. The van der Waals surface area contributed by atoms with Gasteiger partial charge >= 0.3 is 0 Å². The average molecular weight is 323 g/mol. The Bertz CT molecular complexity index is 765. The molecule has 2 N–H and O–H groups in total. The fraction of sp³-hybridized carbons (Fsp3) is 0.333. The highest BCUT2D eigenvalue weighted by Crippen LogP contribution is 2.28. The Morgan fingerprint density at radius 2 is 2.04 bits per heavy atom. The molecule has 24 heavy (non-hydrogen) atoms. The van der Waals surface area contributed by atoms with E-state index >= 15 is 0 Å². The van der Waals surface area contributed by atoms with E-state index in [1.165, 1.54) is 16.7 Å². The molecular formula is C21H25NO2. The van der Waals surface area contributed by atoms with Crippen LogP contribution in [0.15, 0.2) is 36.4 Å². The smallest absolute Gasteiger partial charge is 0.121 e. The molecule has 3 heteroatoms. The fourth-order valence-corrected chi connectivity index (χ4v) is 3.36. The van der Waals surface area contributed by atoms with Gasteiger partial charge < -0.3 is 15.2 Å². The summed E-state index contributed by atoms with van der Waals surface area (Å²) < 4.78 is 5.32. The van der Waals surface area contributed by atoms with Gasteiger partial charge in [-0.3, -0.25) is 0 Å². The van der Waals surface area contributed by atoms with E-state index in [1.807, 2.05) is 6.07 Å². The number of benzene rings is 2. The first kappa shape index (κ1) is 16.7. The van der Waals surface area contributed by atoms with Crippen LogP contribution in [0.3, 0.4) is 0 Å². The van der Waals surface area contributed by atoms with Gasteiger partial charge in [0, 0.05) is 6.54 Å². The predicted octanol–water partition coefficient (Wildman–Crippen LogP) is 3.70. The maximum absolute atomic E-state index is 9.54. The van der Waals surface area contributed by atoms with Crippen LogP contribution in [-0.4, -0.2) is 18.8 Å². The molecule has 0 radical (unpaired) electrons. The quantitative estimate of drug-likeness (QED) is 0.901. The van der Waals surface area contributed by atoms with Crippen molar-refractivity contribution < 1.29 is 9.84 Å². The van der Waals surface area contributed by atoms with E-state index in [0.717, 1.165) is 35.4 Å². The minimum atomic E-state index is 0.0905. The van der Waals surface area contributed by atoms with Crippen molar-refractivity contribution in [3.63, 3.8) is 0 Å². The van der Waals surface area contributed by atoms with E-state index < -0.39 is 0 Å². The molecule has 1 aliphatic rings. The summed E-state index contributed by atoms with van der Waals surface area (Å²) in [4.78, 5) is 0. The first-order valence-corrected chi connectivity index (χ1v) is 8.41. The van der Waals surface area contributed by atoms with Gasteiger partial charge in [0.2, 0.25) is 0 Å². The molecule has 126 valence electrons. The van der Waals surface area contributed by atoms with Crippen LogP contribution in [0.1, 0.15) is 39.4 Å². The van der Waals surface area contributed by atoms with Crippen LogP contribution in [0.25, 0.3) is 6.08 Å². The lowest BCUT2D eigenvalue weighted by Gasteiger charge is -2.26. The second-order valence-corrected chi connectivity index (χ2v) is 6.41. The lowest BCUT2D eigenvalue weighted by molar-refractivity contribution is 0.280. The topological polar surface area (TPSA) is 41.5 Å². The highest BCUT2D eigenvalue weighted by molar-refractivity contribution is 5.55. The van der Waals surface area contributed by atoms with Crippen molar-refractivity contribution in [2.45, 2.75) is 32.9 Å². The van der Waals surface area contributed by atoms with Crippen molar-refractivity contribution in [3.8, 4) is 5.75 Å². The molecule has 0 aliphatic carbocycles. The first-order valence-electron chi connectivity index (χ1n) is 8.41. The van der Waals surface area contributed by atoms with Gasteiger partial charge in [0.15, 0.2) is 0 Å². The molecule has 0 amide bonds. The van der Waals surface area contributed by atoms with Gasteiger partial charge in [0.25, 0.3) is 0 Å². The summed E-state index contributed by atoms with van der Waals surface area (Å²) in [5.74, 6) is 0.913. The standard InChI is InChI=1S/C21H25NO2/c1-14-11-17-8-9-22-20(19(17)12-18(14)13-23)6-4-16-5-7-21(24-3)15(2)10-16/h4-7,10-12,20,22-23H,8-9,13H2,1-3H3/b6-4+. The summed E-state index contributed by atoms with van der Waals surface area (Å²) in [5, 5.41) is 13.1. The number of aliphatic hydroxyl groups excluding tert-OH is 1. The van der Waals surface area contributed by atoms with Crippen molar-refractivity contribution >= 4 is 6.08 Å². The third-order valence-electron chi connectivity index (χ3n) is 4.76. The molecule has 3 rings (SSSR count). The number of rotatable bonds is 4.